The molecule has 0 amide bonds. The zero-order chi connectivity index (χ0) is 15.4. The monoisotopic (exact) mass is 429 g/mol. The molecule has 8 heteroatoms. The van der Waals surface area contributed by atoms with Crippen LogP contribution in [-0.4, -0.2) is 57.1 Å². The summed E-state index contributed by atoms with van der Waals surface area (Å²) in [6.45, 7) is 3.68. The summed E-state index contributed by atoms with van der Waals surface area (Å²) < 4.78 is 3.79. The Morgan fingerprint density at radius 1 is 1.43 bits per heavy atom. The van der Waals surface area contributed by atoms with Crippen LogP contribution in [0.3, 0.4) is 0 Å². The third-order valence-electron chi connectivity index (χ3n) is 4.08. The minimum absolute atomic E-state index is 0. The van der Waals surface area contributed by atoms with E-state index in [1.807, 2.05) is 41.9 Å². The molecule has 2 aromatic rings. The van der Waals surface area contributed by atoms with Crippen LogP contribution in [0.15, 0.2) is 35.8 Å². The summed E-state index contributed by atoms with van der Waals surface area (Å²) in [4.78, 5) is 6.72. The lowest BCUT2D eigenvalue weighted by molar-refractivity contribution is 0.479. The van der Waals surface area contributed by atoms with Gasteiger partial charge < -0.3 is 10.2 Å². The lowest BCUT2D eigenvalue weighted by atomic mass is 10.0. The molecule has 2 aromatic heterocycles. The van der Waals surface area contributed by atoms with E-state index in [-0.39, 0.29) is 24.0 Å². The quantitative estimate of drug-likeness (QED) is 0.452. The molecule has 1 N–H and O–H groups in total. The average Bonchev–Trinajstić information content (AvgIpc) is 3.24. The Bertz CT molecular complexity index is 620. The Labute approximate surface area is 153 Å². The summed E-state index contributed by atoms with van der Waals surface area (Å²) in [5.74, 6) is 1.51. The third-order valence-corrected chi connectivity index (χ3v) is 4.08. The number of nitrogens with zero attached hydrogens (tertiary/aromatic N) is 6. The molecule has 1 unspecified atom stereocenters. The van der Waals surface area contributed by atoms with Gasteiger partial charge in [0.15, 0.2) is 5.96 Å². The van der Waals surface area contributed by atoms with Gasteiger partial charge in [0, 0.05) is 58.2 Å². The van der Waals surface area contributed by atoms with Gasteiger partial charge in [0.25, 0.3) is 0 Å². The van der Waals surface area contributed by atoms with Crippen LogP contribution in [0.2, 0.25) is 0 Å². The summed E-state index contributed by atoms with van der Waals surface area (Å²) in [6, 6.07) is 1.94. The predicted molar refractivity (Wildman–Crippen MR) is 101 cm³/mol. The molecule has 1 aliphatic heterocycles. The molecule has 0 radical (unpaired) electrons. The topological polar surface area (TPSA) is 63.3 Å². The van der Waals surface area contributed by atoms with Crippen LogP contribution < -0.4 is 5.32 Å². The first kappa shape index (κ1) is 17.8. The van der Waals surface area contributed by atoms with E-state index < -0.39 is 0 Å². The molecule has 3 rings (SSSR count). The van der Waals surface area contributed by atoms with Crippen molar-refractivity contribution in [2.24, 2.45) is 12.0 Å². The molecule has 1 fully saturated rings. The number of rotatable bonds is 4. The second-order valence-electron chi connectivity index (χ2n) is 5.62. The van der Waals surface area contributed by atoms with Crippen molar-refractivity contribution in [2.45, 2.75) is 18.9 Å². The highest BCUT2D eigenvalue weighted by atomic mass is 127. The molecule has 0 aliphatic carbocycles. The molecule has 126 valence electrons. The second-order valence-corrected chi connectivity index (χ2v) is 5.62. The van der Waals surface area contributed by atoms with Crippen LogP contribution in [0.4, 0.5) is 0 Å². The Morgan fingerprint density at radius 3 is 2.96 bits per heavy atom. The average molecular weight is 429 g/mol. The Morgan fingerprint density at radius 2 is 2.30 bits per heavy atom. The van der Waals surface area contributed by atoms with Crippen LogP contribution in [0.5, 0.6) is 0 Å². The fourth-order valence-electron chi connectivity index (χ4n) is 2.92. The van der Waals surface area contributed by atoms with E-state index in [9.17, 15) is 0 Å². The zero-order valence-electron chi connectivity index (χ0n) is 13.6. The maximum Gasteiger partial charge on any atom is 0.193 e. The summed E-state index contributed by atoms with van der Waals surface area (Å²) in [5, 5.41) is 11.9. The van der Waals surface area contributed by atoms with Gasteiger partial charge in [0.1, 0.15) is 0 Å². The fraction of sp³-hybridized carbons (Fsp3) is 0.533. The summed E-state index contributed by atoms with van der Waals surface area (Å²) in [7, 11) is 3.81. The van der Waals surface area contributed by atoms with Crippen molar-refractivity contribution in [2.75, 3.05) is 26.7 Å². The number of aliphatic imine (C=N–C) groups is 1. The maximum absolute atomic E-state index is 4.40. The molecule has 0 spiro atoms. The van der Waals surface area contributed by atoms with Crippen LogP contribution in [0.25, 0.3) is 0 Å². The Balaban J connectivity index is 0.00000192. The minimum atomic E-state index is 0. The van der Waals surface area contributed by atoms with Gasteiger partial charge in [0.2, 0.25) is 0 Å². The van der Waals surface area contributed by atoms with E-state index in [0.29, 0.717) is 5.92 Å². The van der Waals surface area contributed by atoms with Crippen LogP contribution in [0.1, 0.15) is 17.9 Å². The molecular weight excluding hydrogens is 405 g/mol. The van der Waals surface area contributed by atoms with Gasteiger partial charge in [-0.3, -0.25) is 14.4 Å². The molecular formula is C15H24IN7. The van der Waals surface area contributed by atoms with Gasteiger partial charge in [-0.1, -0.05) is 0 Å². The van der Waals surface area contributed by atoms with Crippen molar-refractivity contribution in [3.05, 3.63) is 36.4 Å². The zero-order valence-corrected chi connectivity index (χ0v) is 15.9. The highest BCUT2D eigenvalue weighted by Gasteiger charge is 2.26. The van der Waals surface area contributed by atoms with Crippen LogP contribution in [0, 0.1) is 0 Å². The smallest absolute Gasteiger partial charge is 0.193 e. The van der Waals surface area contributed by atoms with Crippen LogP contribution >= 0.6 is 24.0 Å². The molecule has 1 atom stereocenters. The number of likely N-dealkylation sites (tertiary alicyclic amines) is 1. The van der Waals surface area contributed by atoms with E-state index in [0.717, 1.165) is 38.6 Å². The first-order chi connectivity index (χ1) is 10.8. The summed E-state index contributed by atoms with van der Waals surface area (Å²) >= 11 is 0. The van der Waals surface area contributed by atoms with Crippen molar-refractivity contribution < 1.29 is 0 Å². The highest BCUT2D eigenvalue weighted by molar-refractivity contribution is 14.0. The van der Waals surface area contributed by atoms with Gasteiger partial charge >= 0.3 is 0 Å². The second kappa shape index (κ2) is 8.32. The van der Waals surface area contributed by atoms with Gasteiger partial charge in [0.05, 0.1) is 12.7 Å². The lowest BCUT2D eigenvalue weighted by Crippen LogP contribution is -2.41. The molecule has 0 saturated carbocycles. The number of halogens is 1. The van der Waals surface area contributed by atoms with Crippen molar-refractivity contribution in [1.29, 1.82) is 0 Å². The highest BCUT2D eigenvalue weighted by Crippen LogP contribution is 2.26. The number of nitrogens with one attached hydrogen (secondary N) is 1. The standard InChI is InChI=1S/C15H23N7.HI/c1-16-15(17-6-9-22-7-3-5-18-22)21-8-4-13(12-21)14-10-19-20(2)11-14;/h3,5,7,10-11,13H,4,6,8-9,12H2,1-2H3,(H,16,17);1H. The summed E-state index contributed by atoms with van der Waals surface area (Å²) in [5.41, 5.74) is 1.32. The number of aromatic nitrogens is 4. The molecule has 1 saturated heterocycles. The minimum Gasteiger partial charge on any atom is -0.354 e. The third kappa shape index (κ3) is 4.46. The molecule has 0 aromatic carbocycles. The lowest BCUT2D eigenvalue weighted by Gasteiger charge is -2.21. The van der Waals surface area contributed by atoms with E-state index in [1.165, 1.54) is 5.56 Å². The van der Waals surface area contributed by atoms with Crippen molar-refractivity contribution >= 4 is 29.9 Å². The largest absolute Gasteiger partial charge is 0.354 e. The SMILES string of the molecule is CN=C(NCCn1cccn1)N1CCC(c2cnn(C)c2)C1.I. The van der Waals surface area contributed by atoms with Gasteiger partial charge in [-0.25, -0.2) is 0 Å². The number of guanidine groups is 1. The molecule has 3 heterocycles. The van der Waals surface area contributed by atoms with Gasteiger partial charge in [-0.2, -0.15) is 10.2 Å². The Hall–Kier alpha value is -1.58. The molecule has 0 bridgehead atoms. The van der Waals surface area contributed by atoms with Gasteiger partial charge in [-0.15, -0.1) is 24.0 Å². The molecule has 1 aliphatic rings. The Kier molecular flexibility index (Phi) is 6.43. The summed E-state index contributed by atoms with van der Waals surface area (Å²) in [6.07, 6.45) is 9.00. The normalized spacial score (nSPS) is 18.1. The van der Waals surface area contributed by atoms with Crippen molar-refractivity contribution in [1.82, 2.24) is 29.8 Å². The van der Waals surface area contributed by atoms with E-state index in [2.05, 4.69) is 31.6 Å². The van der Waals surface area contributed by atoms with Gasteiger partial charge in [-0.05, 0) is 18.1 Å². The molecule has 23 heavy (non-hydrogen) atoms. The van der Waals surface area contributed by atoms with E-state index >= 15 is 0 Å². The predicted octanol–water partition coefficient (Wildman–Crippen LogP) is 1.30. The first-order valence-electron chi connectivity index (χ1n) is 7.68. The molecule has 7 nitrogen and oxygen atoms in total. The van der Waals surface area contributed by atoms with E-state index in [1.54, 1.807) is 6.20 Å². The number of hydrogen-bond acceptors (Lipinski definition) is 3. The van der Waals surface area contributed by atoms with Crippen molar-refractivity contribution in [3.8, 4) is 0 Å². The maximum atomic E-state index is 4.40. The van der Waals surface area contributed by atoms with E-state index in [4.69, 9.17) is 0 Å². The van der Waals surface area contributed by atoms with Crippen molar-refractivity contribution in [3.63, 3.8) is 0 Å². The number of hydrogen-bond donors (Lipinski definition) is 1. The number of aryl methyl sites for hydroxylation is 1. The first-order valence-corrected chi connectivity index (χ1v) is 7.68. The fourth-order valence-corrected chi connectivity index (χ4v) is 2.92. The van der Waals surface area contributed by atoms with Crippen LogP contribution in [-0.2, 0) is 13.6 Å².